The lowest BCUT2D eigenvalue weighted by atomic mass is 10.1. The van der Waals surface area contributed by atoms with Crippen molar-refractivity contribution in [3.8, 4) is 22.8 Å². The third-order valence-corrected chi connectivity index (χ3v) is 5.69. The highest BCUT2D eigenvalue weighted by Crippen LogP contribution is 2.24. The quantitative estimate of drug-likeness (QED) is 0.437. The third kappa shape index (κ3) is 3.28. The second kappa shape index (κ2) is 7.62. The van der Waals surface area contributed by atoms with E-state index < -0.39 is 11.2 Å². The van der Waals surface area contributed by atoms with Crippen molar-refractivity contribution in [1.29, 1.82) is 0 Å². The summed E-state index contributed by atoms with van der Waals surface area (Å²) in [7, 11) is 1.54. The van der Waals surface area contributed by atoms with E-state index >= 15 is 0 Å². The van der Waals surface area contributed by atoms with Crippen LogP contribution < -0.4 is 11.2 Å². The molecule has 0 aliphatic rings. The Morgan fingerprint density at radius 1 is 1.00 bits per heavy atom. The molecule has 0 saturated heterocycles. The van der Waals surface area contributed by atoms with Gasteiger partial charge in [-0.3, -0.25) is 14.3 Å². The van der Waals surface area contributed by atoms with Gasteiger partial charge in [-0.25, -0.2) is 14.8 Å². The topological polar surface area (TPSA) is 124 Å². The fourth-order valence-corrected chi connectivity index (χ4v) is 3.95. The van der Waals surface area contributed by atoms with Crippen molar-refractivity contribution < 1.29 is 4.52 Å². The fraction of sp³-hybridized carbons (Fsp3) is 0.0833. The van der Waals surface area contributed by atoms with Gasteiger partial charge in [0.2, 0.25) is 5.82 Å². The number of fused-ring (bicyclic) bond motifs is 2. The van der Waals surface area contributed by atoms with E-state index in [-0.39, 0.29) is 16.9 Å². The molecule has 0 bridgehead atoms. The lowest BCUT2D eigenvalue weighted by Gasteiger charge is -2.06. The molecule has 0 aliphatic heterocycles. The monoisotopic (exact) mass is 451 g/mol. The molecule has 10 heteroatoms. The standard InChI is InChI=1S/C24H17N7O3/c1-30-21-17(22(32)28-24(30)33)10-16(11-25-21)23-27-20(29-34-23)15-6-4-5-14(9-15)12-31-13-26-18-7-2-3-8-19(18)31/h2-11,13H,12H2,1H3,(H,28,32,33). The van der Waals surface area contributed by atoms with E-state index in [1.54, 1.807) is 6.07 Å². The van der Waals surface area contributed by atoms with Gasteiger partial charge >= 0.3 is 5.69 Å². The Labute approximate surface area is 191 Å². The molecule has 6 rings (SSSR count). The zero-order valence-electron chi connectivity index (χ0n) is 18.0. The summed E-state index contributed by atoms with van der Waals surface area (Å²) in [6, 6.07) is 17.4. The molecule has 0 saturated carbocycles. The van der Waals surface area contributed by atoms with Crippen LogP contribution >= 0.6 is 0 Å². The average Bonchev–Trinajstić information content (AvgIpc) is 3.51. The molecule has 0 unspecified atom stereocenters. The van der Waals surface area contributed by atoms with Crippen LogP contribution in [0.4, 0.5) is 0 Å². The molecule has 2 aromatic carbocycles. The van der Waals surface area contributed by atoms with Crippen molar-refractivity contribution in [1.82, 2.24) is 34.2 Å². The van der Waals surface area contributed by atoms with Gasteiger partial charge in [-0.1, -0.05) is 35.5 Å². The number of imidazole rings is 1. The third-order valence-electron chi connectivity index (χ3n) is 5.69. The van der Waals surface area contributed by atoms with E-state index in [2.05, 4.69) is 29.7 Å². The minimum Gasteiger partial charge on any atom is -0.334 e. The van der Waals surface area contributed by atoms with Crippen LogP contribution in [-0.2, 0) is 13.6 Å². The number of H-pyrrole nitrogens is 1. The summed E-state index contributed by atoms with van der Waals surface area (Å²) in [5.74, 6) is 0.644. The molecule has 0 atom stereocenters. The molecule has 1 N–H and O–H groups in total. The van der Waals surface area contributed by atoms with Crippen LogP contribution in [0.5, 0.6) is 0 Å². The molecule has 0 radical (unpaired) electrons. The van der Waals surface area contributed by atoms with Gasteiger partial charge in [-0.15, -0.1) is 0 Å². The molecule has 6 aromatic rings. The molecular weight excluding hydrogens is 434 g/mol. The van der Waals surface area contributed by atoms with Gasteiger partial charge in [0.1, 0.15) is 5.65 Å². The van der Waals surface area contributed by atoms with Crippen LogP contribution in [0, 0.1) is 0 Å². The van der Waals surface area contributed by atoms with Gasteiger partial charge in [0.05, 0.1) is 28.3 Å². The van der Waals surface area contributed by atoms with Gasteiger partial charge in [0.25, 0.3) is 11.4 Å². The van der Waals surface area contributed by atoms with Gasteiger partial charge in [0, 0.05) is 25.4 Å². The number of benzene rings is 2. The molecule has 0 spiro atoms. The van der Waals surface area contributed by atoms with E-state index in [1.807, 2.05) is 54.9 Å². The van der Waals surface area contributed by atoms with Crippen LogP contribution in [0.15, 0.2) is 81.2 Å². The zero-order chi connectivity index (χ0) is 23.2. The number of hydrogen-bond acceptors (Lipinski definition) is 7. The Balaban J connectivity index is 1.33. The van der Waals surface area contributed by atoms with Crippen LogP contribution in [0.3, 0.4) is 0 Å². The summed E-state index contributed by atoms with van der Waals surface area (Å²) in [6.07, 6.45) is 3.33. The van der Waals surface area contributed by atoms with E-state index in [0.717, 1.165) is 22.2 Å². The lowest BCUT2D eigenvalue weighted by molar-refractivity contribution is 0.432. The van der Waals surface area contributed by atoms with E-state index in [9.17, 15) is 9.59 Å². The van der Waals surface area contributed by atoms with Gasteiger partial charge in [0.15, 0.2) is 0 Å². The molecule has 0 fully saturated rings. The van der Waals surface area contributed by atoms with Gasteiger partial charge < -0.3 is 9.09 Å². The first-order valence-corrected chi connectivity index (χ1v) is 10.5. The first-order chi connectivity index (χ1) is 16.6. The molecular formula is C24H17N7O3. The number of hydrogen-bond donors (Lipinski definition) is 1. The molecule has 4 aromatic heterocycles. The van der Waals surface area contributed by atoms with Crippen molar-refractivity contribution in [3.63, 3.8) is 0 Å². The number of aryl methyl sites for hydroxylation is 1. The Morgan fingerprint density at radius 2 is 1.88 bits per heavy atom. The molecule has 0 amide bonds. The molecule has 0 aliphatic carbocycles. The van der Waals surface area contributed by atoms with Crippen molar-refractivity contribution in [2.45, 2.75) is 6.54 Å². The molecule has 10 nitrogen and oxygen atoms in total. The second-order valence-electron chi connectivity index (χ2n) is 7.90. The van der Waals surface area contributed by atoms with Crippen molar-refractivity contribution in [2.24, 2.45) is 7.05 Å². The Bertz CT molecular complexity index is 1810. The first kappa shape index (κ1) is 19.8. The lowest BCUT2D eigenvalue weighted by Crippen LogP contribution is -2.28. The van der Waals surface area contributed by atoms with Crippen molar-refractivity contribution in [2.75, 3.05) is 0 Å². The highest BCUT2D eigenvalue weighted by atomic mass is 16.5. The van der Waals surface area contributed by atoms with Gasteiger partial charge in [-0.2, -0.15) is 4.98 Å². The zero-order valence-corrected chi connectivity index (χ0v) is 18.0. The van der Waals surface area contributed by atoms with Crippen molar-refractivity contribution >= 4 is 22.1 Å². The highest BCUT2D eigenvalue weighted by Gasteiger charge is 2.14. The maximum atomic E-state index is 12.2. The summed E-state index contributed by atoms with van der Waals surface area (Å²) < 4.78 is 8.81. The number of nitrogens with zero attached hydrogens (tertiary/aromatic N) is 6. The minimum absolute atomic E-state index is 0.226. The summed E-state index contributed by atoms with van der Waals surface area (Å²) in [6.45, 7) is 0.648. The SMILES string of the molecule is Cn1c(=O)[nH]c(=O)c2cc(-c3nc(-c4cccc(Cn5cnc6ccccc65)c4)no3)cnc21. The largest absolute Gasteiger partial charge is 0.334 e. The molecule has 166 valence electrons. The maximum absolute atomic E-state index is 12.2. The van der Waals surface area contributed by atoms with Gasteiger partial charge in [-0.05, 0) is 29.8 Å². The first-order valence-electron chi connectivity index (χ1n) is 10.5. The number of para-hydroxylation sites is 2. The number of aromatic nitrogens is 7. The van der Waals surface area contributed by atoms with E-state index in [1.165, 1.54) is 17.8 Å². The Hall–Kier alpha value is -4.86. The second-order valence-corrected chi connectivity index (χ2v) is 7.90. The maximum Gasteiger partial charge on any atom is 0.329 e. The molecule has 34 heavy (non-hydrogen) atoms. The van der Waals surface area contributed by atoms with Crippen LogP contribution in [0.25, 0.3) is 44.9 Å². The number of rotatable bonds is 4. The Morgan fingerprint density at radius 3 is 2.79 bits per heavy atom. The number of aromatic amines is 1. The Kier molecular flexibility index (Phi) is 4.44. The van der Waals surface area contributed by atoms with E-state index in [0.29, 0.717) is 17.9 Å². The minimum atomic E-state index is -0.526. The van der Waals surface area contributed by atoms with Crippen LogP contribution in [0.2, 0.25) is 0 Å². The summed E-state index contributed by atoms with van der Waals surface area (Å²) in [4.78, 5) is 39.5. The number of nitrogens with one attached hydrogen (secondary N) is 1. The fourth-order valence-electron chi connectivity index (χ4n) is 3.95. The van der Waals surface area contributed by atoms with E-state index in [4.69, 9.17) is 4.52 Å². The smallest absolute Gasteiger partial charge is 0.329 e. The number of pyridine rings is 1. The average molecular weight is 451 g/mol. The predicted octanol–water partition coefficient (Wildman–Crippen LogP) is 2.74. The van der Waals surface area contributed by atoms with Crippen molar-refractivity contribution in [3.05, 3.63) is 93.5 Å². The normalized spacial score (nSPS) is 11.4. The molecule has 4 heterocycles. The van der Waals surface area contributed by atoms with Crippen LogP contribution in [0.1, 0.15) is 5.56 Å². The highest BCUT2D eigenvalue weighted by molar-refractivity contribution is 5.78. The summed E-state index contributed by atoms with van der Waals surface area (Å²) >= 11 is 0. The summed E-state index contributed by atoms with van der Waals surface area (Å²) in [5, 5.41) is 4.37. The predicted molar refractivity (Wildman–Crippen MR) is 125 cm³/mol. The summed E-state index contributed by atoms with van der Waals surface area (Å²) in [5.41, 5.74) is 3.58. The van der Waals surface area contributed by atoms with Crippen LogP contribution in [-0.4, -0.2) is 34.2 Å².